The molecule has 5 nitrogen and oxygen atoms in total. The minimum Gasteiger partial charge on any atom is -0.376 e. The summed E-state index contributed by atoms with van der Waals surface area (Å²) in [4.78, 5) is 9.17. The van der Waals surface area contributed by atoms with Crippen LogP contribution in [0.5, 0.6) is 0 Å². The van der Waals surface area contributed by atoms with Crippen molar-refractivity contribution in [3.05, 3.63) is 72.0 Å². The van der Waals surface area contributed by atoms with Gasteiger partial charge in [-0.3, -0.25) is 0 Å². The van der Waals surface area contributed by atoms with Crippen molar-refractivity contribution in [3.8, 4) is 11.3 Å². The summed E-state index contributed by atoms with van der Waals surface area (Å²) in [7, 11) is 0. The monoisotopic (exact) mass is 378 g/mol. The molecular weight excluding hydrogens is 355 g/mol. The van der Waals surface area contributed by atoms with Gasteiger partial charge in [0.25, 0.3) is 0 Å². The molecule has 1 fully saturated rings. The molecule has 2 aromatic carbocycles. The lowest BCUT2D eigenvalue weighted by Crippen LogP contribution is -2.19. The van der Waals surface area contributed by atoms with E-state index in [1.807, 2.05) is 42.5 Å². The molecule has 1 aliphatic rings. The summed E-state index contributed by atoms with van der Waals surface area (Å²) >= 11 is 0. The van der Waals surface area contributed by atoms with Crippen LogP contribution in [-0.4, -0.2) is 29.2 Å². The van der Waals surface area contributed by atoms with Crippen LogP contribution in [-0.2, 0) is 11.3 Å². The van der Waals surface area contributed by atoms with Crippen molar-refractivity contribution in [2.24, 2.45) is 0 Å². The van der Waals surface area contributed by atoms with E-state index in [-0.39, 0.29) is 11.9 Å². The van der Waals surface area contributed by atoms with Gasteiger partial charge in [0.1, 0.15) is 11.6 Å². The molecule has 0 aliphatic carbocycles. The molecule has 1 saturated heterocycles. The average molecular weight is 378 g/mol. The van der Waals surface area contributed by atoms with Gasteiger partial charge in [-0.1, -0.05) is 48.5 Å². The van der Waals surface area contributed by atoms with Crippen molar-refractivity contribution in [2.75, 3.05) is 23.8 Å². The van der Waals surface area contributed by atoms with Gasteiger partial charge < -0.3 is 15.4 Å². The number of nitrogens with one attached hydrogen (secondary N) is 2. The zero-order chi connectivity index (χ0) is 19.2. The van der Waals surface area contributed by atoms with E-state index in [1.165, 1.54) is 6.07 Å². The maximum Gasteiger partial charge on any atom is 0.225 e. The molecule has 4 rings (SSSR count). The number of hydrogen-bond acceptors (Lipinski definition) is 5. The summed E-state index contributed by atoms with van der Waals surface area (Å²) in [5, 5.41) is 6.50. The predicted octanol–water partition coefficient (Wildman–Crippen LogP) is 4.49. The summed E-state index contributed by atoms with van der Waals surface area (Å²) < 4.78 is 19.6. The second-order valence-electron chi connectivity index (χ2n) is 6.79. The number of ether oxygens (including phenoxy) is 1. The van der Waals surface area contributed by atoms with Gasteiger partial charge in [0.15, 0.2) is 0 Å². The van der Waals surface area contributed by atoms with Crippen molar-refractivity contribution in [1.82, 2.24) is 9.97 Å². The zero-order valence-corrected chi connectivity index (χ0v) is 15.6. The second-order valence-corrected chi connectivity index (χ2v) is 6.79. The molecule has 0 amide bonds. The minimum atomic E-state index is -0.244. The molecule has 1 unspecified atom stereocenters. The molecule has 1 aliphatic heterocycles. The van der Waals surface area contributed by atoms with E-state index in [9.17, 15) is 4.39 Å². The molecule has 2 heterocycles. The third-order valence-corrected chi connectivity index (χ3v) is 4.73. The Bertz CT molecular complexity index is 913. The van der Waals surface area contributed by atoms with Gasteiger partial charge in [0.05, 0.1) is 11.8 Å². The van der Waals surface area contributed by atoms with Gasteiger partial charge in [-0.15, -0.1) is 0 Å². The Balaban J connectivity index is 1.55. The van der Waals surface area contributed by atoms with Gasteiger partial charge in [-0.05, 0) is 18.9 Å². The highest BCUT2D eigenvalue weighted by Gasteiger charge is 2.16. The first-order valence-electron chi connectivity index (χ1n) is 9.55. The Labute approximate surface area is 164 Å². The van der Waals surface area contributed by atoms with Crippen LogP contribution in [0.4, 0.5) is 16.2 Å². The van der Waals surface area contributed by atoms with E-state index >= 15 is 0 Å². The fraction of sp³-hybridized carbons (Fsp3) is 0.273. The summed E-state index contributed by atoms with van der Waals surface area (Å²) in [6.45, 7) is 1.84. The van der Waals surface area contributed by atoms with Crippen molar-refractivity contribution in [2.45, 2.75) is 25.5 Å². The Morgan fingerprint density at radius 1 is 1.00 bits per heavy atom. The van der Waals surface area contributed by atoms with E-state index in [0.717, 1.165) is 36.5 Å². The summed E-state index contributed by atoms with van der Waals surface area (Å²) in [5.41, 5.74) is 2.38. The smallest absolute Gasteiger partial charge is 0.225 e. The van der Waals surface area contributed by atoms with Crippen molar-refractivity contribution in [1.29, 1.82) is 0 Å². The van der Waals surface area contributed by atoms with Gasteiger partial charge in [0, 0.05) is 36.9 Å². The molecule has 0 saturated carbocycles. The summed E-state index contributed by atoms with van der Waals surface area (Å²) in [5.74, 6) is 0.936. The zero-order valence-electron chi connectivity index (χ0n) is 15.6. The number of halogens is 1. The minimum absolute atomic E-state index is 0.213. The van der Waals surface area contributed by atoms with Crippen LogP contribution in [0.25, 0.3) is 11.3 Å². The maximum atomic E-state index is 13.9. The van der Waals surface area contributed by atoms with E-state index in [4.69, 9.17) is 4.74 Å². The molecule has 1 aromatic heterocycles. The number of anilines is 2. The lowest BCUT2D eigenvalue weighted by molar-refractivity contribution is 0.120. The molecule has 0 radical (unpaired) electrons. The maximum absolute atomic E-state index is 13.9. The standard InChI is InChI=1S/C22H23FN4O/c23-19-11-5-4-9-17(19)14-25-22-26-20(16-7-2-1-3-8-16)13-21(27-22)24-15-18-10-6-12-28-18/h1-5,7-9,11,13,18H,6,10,12,14-15H2,(H2,24,25,26,27). The molecule has 144 valence electrons. The largest absolute Gasteiger partial charge is 0.376 e. The third kappa shape index (κ3) is 4.64. The van der Waals surface area contributed by atoms with Gasteiger partial charge in [-0.2, -0.15) is 4.98 Å². The molecule has 3 aromatic rings. The third-order valence-electron chi connectivity index (χ3n) is 4.73. The molecule has 1 atom stereocenters. The fourth-order valence-corrected chi connectivity index (χ4v) is 3.21. The van der Waals surface area contributed by atoms with E-state index in [0.29, 0.717) is 24.6 Å². The van der Waals surface area contributed by atoms with E-state index in [1.54, 1.807) is 12.1 Å². The van der Waals surface area contributed by atoms with Crippen LogP contribution in [0.15, 0.2) is 60.7 Å². The number of hydrogen-bond donors (Lipinski definition) is 2. The number of nitrogens with zero attached hydrogens (tertiary/aromatic N) is 2. The Morgan fingerprint density at radius 2 is 1.82 bits per heavy atom. The molecule has 2 N–H and O–H groups in total. The van der Waals surface area contributed by atoms with Crippen LogP contribution in [0.1, 0.15) is 18.4 Å². The first-order valence-corrected chi connectivity index (χ1v) is 9.55. The fourth-order valence-electron chi connectivity index (χ4n) is 3.21. The van der Waals surface area contributed by atoms with Crippen molar-refractivity contribution in [3.63, 3.8) is 0 Å². The summed E-state index contributed by atoms with van der Waals surface area (Å²) in [6, 6.07) is 18.6. The van der Waals surface area contributed by atoms with Crippen LogP contribution in [0, 0.1) is 5.82 Å². The topological polar surface area (TPSA) is 59.1 Å². The van der Waals surface area contributed by atoms with E-state index < -0.39 is 0 Å². The van der Waals surface area contributed by atoms with Crippen LogP contribution >= 0.6 is 0 Å². The highest BCUT2D eigenvalue weighted by atomic mass is 19.1. The lowest BCUT2D eigenvalue weighted by Gasteiger charge is -2.14. The van der Waals surface area contributed by atoms with E-state index in [2.05, 4.69) is 20.6 Å². The SMILES string of the molecule is Fc1ccccc1CNc1nc(NCC2CCCO2)cc(-c2ccccc2)n1. The highest BCUT2D eigenvalue weighted by molar-refractivity contribution is 5.64. The van der Waals surface area contributed by atoms with Crippen molar-refractivity contribution < 1.29 is 9.13 Å². The van der Waals surface area contributed by atoms with Gasteiger partial charge >= 0.3 is 0 Å². The number of aromatic nitrogens is 2. The molecular formula is C22H23FN4O. The Morgan fingerprint density at radius 3 is 2.61 bits per heavy atom. The van der Waals surface area contributed by atoms with Crippen LogP contribution in [0.2, 0.25) is 0 Å². The lowest BCUT2D eigenvalue weighted by atomic mass is 10.1. The first-order chi connectivity index (χ1) is 13.8. The highest BCUT2D eigenvalue weighted by Crippen LogP contribution is 2.22. The average Bonchev–Trinajstić information content (AvgIpc) is 3.26. The quantitative estimate of drug-likeness (QED) is 0.635. The Hall–Kier alpha value is -2.99. The molecule has 6 heteroatoms. The molecule has 0 bridgehead atoms. The Kier molecular flexibility index (Phi) is 5.77. The number of benzene rings is 2. The van der Waals surface area contributed by atoms with Gasteiger partial charge in [-0.25, -0.2) is 9.37 Å². The van der Waals surface area contributed by atoms with Crippen molar-refractivity contribution >= 4 is 11.8 Å². The van der Waals surface area contributed by atoms with Crippen LogP contribution < -0.4 is 10.6 Å². The predicted molar refractivity (Wildman–Crippen MR) is 109 cm³/mol. The van der Waals surface area contributed by atoms with Crippen LogP contribution in [0.3, 0.4) is 0 Å². The molecule has 28 heavy (non-hydrogen) atoms. The number of rotatable bonds is 7. The van der Waals surface area contributed by atoms with Gasteiger partial charge in [0.2, 0.25) is 5.95 Å². The first kappa shape index (κ1) is 18.4. The molecule has 0 spiro atoms. The normalized spacial score (nSPS) is 16.1. The second kappa shape index (κ2) is 8.80. The summed E-state index contributed by atoms with van der Waals surface area (Å²) in [6.07, 6.45) is 2.37.